The molecule has 4 N–H and O–H groups in total. The van der Waals surface area contributed by atoms with Crippen molar-refractivity contribution in [3.8, 4) is 0 Å². The van der Waals surface area contributed by atoms with Gasteiger partial charge < -0.3 is 10.3 Å². The summed E-state index contributed by atoms with van der Waals surface area (Å²) in [6, 6.07) is 1.57. The predicted molar refractivity (Wildman–Crippen MR) is 65.9 cm³/mol. The molecule has 2 aromatic rings. The number of hydrogen-bond donors (Lipinski definition) is 3. The van der Waals surface area contributed by atoms with Crippen LogP contribution in [0.5, 0.6) is 0 Å². The van der Waals surface area contributed by atoms with Crippen molar-refractivity contribution in [1.82, 2.24) is 19.5 Å². The predicted octanol–water partition coefficient (Wildman–Crippen LogP) is -0.315. The molecule has 0 atom stereocenters. The average Bonchev–Trinajstić information content (AvgIpc) is 2.95. The maximum Gasteiger partial charge on any atom is 0.242 e. The first-order chi connectivity index (χ1) is 8.53. The largest absolute Gasteiger partial charge is 0.352 e. The number of H-pyrrole nitrogens is 1. The van der Waals surface area contributed by atoms with Gasteiger partial charge in [-0.1, -0.05) is 0 Å². The summed E-state index contributed by atoms with van der Waals surface area (Å²) in [6.07, 6.45) is 4.75. The highest BCUT2D eigenvalue weighted by atomic mass is 32.2. The van der Waals surface area contributed by atoms with Gasteiger partial charge in [0.1, 0.15) is 0 Å². The van der Waals surface area contributed by atoms with Crippen LogP contribution in [0, 0.1) is 0 Å². The van der Waals surface area contributed by atoms with Gasteiger partial charge >= 0.3 is 0 Å². The lowest BCUT2D eigenvalue weighted by Gasteiger charge is -2.02. The van der Waals surface area contributed by atoms with Crippen molar-refractivity contribution in [3.63, 3.8) is 0 Å². The lowest BCUT2D eigenvalue weighted by Crippen LogP contribution is -2.22. The van der Waals surface area contributed by atoms with Gasteiger partial charge in [0.05, 0.1) is 11.1 Å². The summed E-state index contributed by atoms with van der Waals surface area (Å²) in [7, 11) is -1.75. The molecule has 0 fully saturated rings. The van der Waals surface area contributed by atoms with Crippen molar-refractivity contribution in [2.75, 3.05) is 0 Å². The number of aromatic nitrogens is 3. The Balaban J connectivity index is 2.14. The van der Waals surface area contributed by atoms with E-state index in [9.17, 15) is 8.42 Å². The molecule has 98 valence electrons. The minimum atomic E-state index is -3.52. The van der Waals surface area contributed by atoms with Gasteiger partial charge in [-0.15, -0.1) is 0 Å². The number of hydrogen-bond acceptors (Lipinski definition) is 4. The molecule has 0 bridgehead atoms. The zero-order valence-electron chi connectivity index (χ0n) is 9.92. The van der Waals surface area contributed by atoms with Gasteiger partial charge in [-0.2, -0.15) is 5.10 Å². The Kier molecular flexibility index (Phi) is 3.50. The molecule has 2 aromatic heterocycles. The van der Waals surface area contributed by atoms with Crippen LogP contribution in [-0.4, -0.2) is 23.2 Å². The second-order valence-electron chi connectivity index (χ2n) is 3.91. The molecule has 8 heteroatoms. The van der Waals surface area contributed by atoms with Crippen LogP contribution < -0.4 is 10.5 Å². The molecule has 7 nitrogen and oxygen atoms in total. The molecule has 0 aliphatic heterocycles. The number of nitrogens with one attached hydrogen (secondary N) is 2. The van der Waals surface area contributed by atoms with Gasteiger partial charge in [0.25, 0.3) is 0 Å². The van der Waals surface area contributed by atoms with Crippen LogP contribution in [-0.2, 0) is 30.2 Å². The van der Waals surface area contributed by atoms with Gasteiger partial charge in [-0.3, -0.25) is 5.10 Å². The van der Waals surface area contributed by atoms with Crippen molar-refractivity contribution in [2.45, 2.75) is 18.0 Å². The van der Waals surface area contributed by atoms with Crippen LogP contribution in [0.2, 0.25) is 0 Å². The molecule has 0 saturated carbocycles. The standard InChI is InChI=1S/C10H15N5O2S/c1-15-7-10(2-9(15)3-11)18(16,17)14-6-8-4-12-13-5-8/h2,4-5,7,14H,3,6,11H2,1H3,(H,12,13). The van der Waals surface area contributed by atoms with Crippen molar-refractivity contribution in [1.29, 1.82) is 0 Å². The van der Waals surface area contributed by atoms with E-state index >= 15 is 0 Å². The summed E-state index contributed by atoms with van der Waals surface area (Å²) >= 11 is 0. The third kappa shape index (κ3) is 2.61. The number of aryl methyl sites for hydroxylation is 1. The Morgan fingerprint density at radius 1 is 1.56 bits per heavy atom. The van der Waals surface area contributed by atoms with E-state index in [0.717, 1.165) is 11.3 Å². The van der Waals surface area contributed by atoms with Gasteiger partial charge in [-0.05, 0) is 6.07 Å². The first kappa shape index (κ1) is 12.8. The summed E-state index contributed by atoms with van der Waals surface area (Å²) in [5.41, 5.74) is 7.04. The maximum atomic E-state index is 12.0. The molecular formula is C10H15N5O2S. The van der Waals surface area contributed by atoms with Crippen LogP contribution in [0.25, 0.3) is 0 Å². The number of rotatable bonds is 5. The van der Waals surface area contributed by atoms with E-state index in [1.54, 1.807) is 36.3 Å². The van der Waals surface area contributed by atoms with E-state index in [1.807, 2.05) is 0 Å². The first-order valence-electron chi connectivity index (χ1n) is 5.35. The van der Waals surface area contributed by atoms with Crippen molar-refractivity contribution in [2.24, 2.45) is 12.8 Å². The molecule has 0 unspecified atom stereocenters. The fraction of sp³-hybridized carbons (Fsp3) is 0.300. The molecule has 2 rings (SSSR count). The maximum absolute atomic E-state index is 12.0. The Morgan fingerprint density at radius 2 is 2.33 bits per heavy atom. The topological polar surface area (TPSA) is 106 Å². The molecule has 0 saturated heterocycles. The monoisotopic (exact) mass is 269 g/mol. The van der Waals surface area contributed by atoms with Crippen LogP contribution in [0.15, 0.2) is 29.6 Å². The Morgan fingerprint density at radius 3 is 2.89 bits per heavy atom. The van der Waals surface area contributed by atoms with Crippen molar-refractivity contribution < 1.29 is 8.42 Å². The summed E-state index contributed by atoms with van der Waals surface area (Å²) in [6.45, 7) is 0.499. The summed E-state index contributed by atoms with van der Waals surface area (Å²) in [5, 5.41) is 6.37. The molecule has 0 aliphatic carbocycles. The van der Waals surface area contributed by atoms with Gasteiger partial charge in [0.15, 0.2) is 0 Å². The highest BCUT2D eigenvalue weighted by Crippen LogP contribution is 2.13. The van der Waals surface area contributed by atoms with Crippen LogP contribution in [0.3, 0.4) is 0 Å². The third-order valence-corrected chi connectivity index (χ3v) is 3.99. The Bertz CT molecular complexity index is 615. The van der Waals surface area contributed by atoms with E-state index < -0.39 is 10.0 Å². The lowest BCUT2D eigenvalue weighted by molar-refractivity contribution is 0.581. The van der Waals surface area contributed by atoms with Crippen LogP contribution in [0.1, 0.15) is 11.3 Å². The fourth-order valence-electron chi connectivity index (χ4n) is 1.56. The van der Waals surface area contributed by atoms with Crippen LogP contribution in [0.4, 0.5) is 0 Å². The third-order valence-electron chi connectivity index (χ3n) is 2.62. The highest BCUT2D eigenvalue weighted by Gasteiger charge is 2.16. The molecule has 0 aliphatic rings. The Labute approximate surface area is 105 Å². The molecule has 0 aromatic carbocycles. The number of aromatic amines is 1. The highest BCUT2D eigenvalue weighted by molar-refractivity contribution is 7.89. The SMILES string of the molecule is Cn1cc(S(=O)(=O)NCc2cn[nH]c2)cc1CN. The Hall–Kier alpha value is -1.64. The van der Waals surface area contributed by atoms with E-state index in [2.05, 4.69) is 14.9 Å². The zero-order chi connectivity index (χ0) is 13.2. The summed E-state index contributed by atoms with van der Waals surface area (Å²) in [5.74, 6) is 0. The summed E-state index contributed by atoms with van der Waals surface area (Å²) < 4.78 is 28.2. The van der Waals surface area contributed by atoms with Crippen molar-refractivity contribution >= 4 is 10.0 Å². The average molecular weight is 269 g/mol. The minimum absolute atomic E-state index is 0.200. The smallest absolute Gasteiger partial charge is 0.242 e. The second kappa shape index (κ2) is 4.92. The molecule has 0 spiro atoms. The second-order valence-corrected chi connectivity index (χ2v) is 5.68. The van der Waals surface area contributed by atoms with E-state index in [1.165, 1.54) is 0 Å². The first-order valence-corrected chi connectivity index (χ1v) is 6.84. The molecule has 0 amide bonds. The van der Waals surface area contributed by atoms with E-state index in [0.29, 0.717) is 6.54 Å². The van der Waals surface area contributed by atoms with Gasteiger partial charge in [-0.25, -0.2) is 13.1 Å². The molecule has 18 heavy (non-hydrogen) atoms. The normalized spacial score (nSPS) is 11.9. The quantitative estimate of drug-likeness (QED) is 0.692. The number of nitrogens with zero attached hydrogens (tertiary/aromatic N) is 2. The number of sulfonamides is 1. The molecular weight excluding hydrogens is 254 g/mol. The fourth-order valence-corrected chi connectivity index (χ4v) is 2.67. The minimum Gasteiger partial charge on any atom is -0.352 e. The molecule has 0 radical (unpaired) electrons. The number of nitrogens with two attached hydrogens (primary N) is 1. The van der Waals surface area contributed by atoms with E-state index in [-0.39, 0.29) is 11.4 Å². The lowest BCUT2D eigenvalue weighted by atomic mass is 10.4. The van der Waals surface area contributed by atoms with Gasteiger partial charge in [0.2, 0.25) is 10.0 Å². The summed E-state index contributed by atoms with van der Waals surface area (Å²) in [4.78, 5) is 0.217. The zero-order valence-corrected chi connectivity index (χ0v) is 10.7. The van der Waals surface area contributed by atoms with Crippen LogP contribution >= 0.6 is 0 Å². The van der Waals surface area contributed by atoms with Gasteiger partial charge in [0, 0.05) is 43.8 Å². The molecule has 2 heterocycles. The van der Waals surface area contributed by atoms with E-state index in [4.69, 9.17) is 5.73 Å². The van der Waals surface area contributed by atoms with Crippen molar-refractivity contribution in [3.05, 3.63) is 35.9 Å².